The van der Waals surface area contributed by atoms with Crippen LogP contribution in [0.1, 0.15) is 0 Å². The lowest BCUT2D eigenvalue weighted by Gasteiger charge is -1.79. The first-order chi connectivity index (χ1) is 3.72. The molecule has 1 aromatic heterocycles. The molecule has 1 heterocycles. The van der Waals surface area contributed by atoms with E-state index in [1.165, 1.54) is 0 Å². The zero-order chi connectivity index (χ0) is 6.15. The molecule has 0 saturated carbocycles. The summed E-state index contributed by atoms with van der Waals surface area (Å²) in [5.41, 5.74) is 0. The van der Waals surface area contributed by atoms with Gasteiger partial charge in [0.2, 0.25) is 0 Å². The normalized spacial score (nSPS) is 11.3. The number of aromatic amines is 1. The van der Waals surface area contributed by atoms with E-state index in [4.69, 9.17) is 13.6 Å². The molecule has 7 heavy (non-hydrogen) atoms. The molecule has 0 aromatic carbocycles. The van der Waals surface area contributed by atoms with Crippen LogP contribution in [0.3, 0.4) is 0 Å². The molecule has 38 valence electrons. The lowest BCUT2D eigenvalue weighted by Crippen LogP contribution is -1.81. The van der Waals surface area contributed by atoms with Crippen LogP contribution in [0, 0.1) is 4.77 Å². The van der Waals surface area contributed by atoms with Gasteiger partial charge in [0.25, 0.3) is 0 Å². The van der Waals surface area contributed by atoms with Gasteiger partial charge in [-0.25, -0.2) is 0 Å². The summed E-state index contributed by atoms with van der Waals surface area (Å²) in [6, 6.07) is 0. The highest BCUT2D eigenvalue weighted by Gasteiger charge is 1.76. The summed E-state index contributed by atoms with van der Waals surface area (Å²) in [5, 5.41) is 0. The Kier molecular flexibility index (Phi) is 0.736. The number of nitrogens with zero attached hydrogens (tertiary/aromatic N) is 1. The maximum Gasteiger partial charge on any atom is 0.176 e. The van der Waals surface area contributed by atoms with Crippen molar-refractivity contribution < 1.29 is 1.41 Å². The van der Waals surface area contributed by atoms with Crippen molar-refractivity contribution in [2.75, 3.05) is 0 Å². The Morgan fingerprint density at radius 2 is 2.86 bits per heavy atom. The van der Waals surface area contributed by atoms with Crippen LogP contribution >= 0.6 is 12.2 Å². The number of aromatic nitrogens is 2. The lowest BCUT2D eigenvalue weighted by atomic mass is 10.9. The van der Waals surface area contributed by atoms with Crippen molar-refractivity contribution in [2.45, 2.75) is 0 Å². The Balaban J connectivity index is 3.42. The van der Waals surface area contributed by atoms with Gasteiger partial charge in [-0.05, 0) is 12.2 Å². The monoisotopic (exact) mass is 115 g/mol. The fourth-order valence-corrected chi connectivity index (χ4v) is 0.474. The van der Waals surface area contributed by atoms with E-state index in [1.54, 1.807) is 17.0 Å². The number of nitrogens with one attached hydrogen (secondary N) is 1. The van der Waals surface area contributed by atoms with Crippen LogP contribution in [0.25, 0.3) is 0 Å². The molecular weight excluding hydrogens is 108 g/mol. The summed E-state index contributed by atoms with van der Waals surface area (Å²) in [6.45, 7) is 0. The molecule has 0 unspecified atom stereocenters. The number of aryl methyl sites for hydroxylation is 1. The van der Waals surface area contributed by atoms with Gasteiger partial charge in [0.1, 0.15) is 0 Å². The fraction of sp³-hybridized carbons (Fsp3) is 0.250. The average Bonchev–Trinajstić information content (AvgIpc) is 1.98. The van der Waals surface area contributed by atoms with Crippen molar-refractivity contribution >= 4 is 12.2 Å². The summed E-state index contributed by atoms with van der Waals surface area (Å²) in [5.74, 6) is 0. The minimum atomic E-state index is 0.519. The first-order valence-electron chi connectivity index (χ1n) is 2.40. The van der Waals surface area contributed by atoms with Crippen molar-refractivity contribution in [3.63, 3.8) is 0 Å². The predicted octanol–water partition coefficient (Wildman–Crippen LogP) is 1.08. The van der Waals surface area contributed by atoms with Crippen LogP contribution < -0.4 is 0 Å². The van der Waals surface area contributed by atoms with Gasteiger partial charge in [-0.15, -0.1) is 0 Å². The van der Waals surface area contributed by atoms with Gasteiger partial charge in [-0.3, -0.25) is 0 Å². The van der Waals surface area contributed by atoms with Crippen molar-refractivity contribution in [1.29, 1.82) is 0 Å². The standard InChI is InChI=1S/C4H6N2S/c1-6-3-2-5-4(6)7/h2-3H,1H3,(H,5,7)/i/hD. The van der Waals surface area contributed by atoms with E-state index >= 15 is 0 Å². The second-order valence-electron chi connectivity index (χ2n) is 1.32. The predicted molar refractivity (Wildman–Crippen MR) is 30.6 cm³/mol. The van der Waals surface area contributed by atoms with Crippen molar-refractivity contribution in [2.24, 2.45) is 7.05 Å². The maximum absolute atomic E-state index is 7.03. The second-order valence-corrected chi connectivity index (χ2v) is 1.69. The van der Waals surface area contributed by atoms with E-state index in [-0.39, 0.29) is 0 Å². The van der Waals surface area contributed by atoms with Gasteiger partial charge in [0.05, 0.1) is 0 Å². The van der Waals surface area contributed by atoms with Crippen molar-refractivity contribution in [3.05, 3.63) is 17.2 Å². The van der Waals surface area contributed by atoms with Crippen LogP contribution in [0.2, 0.25) is 1.41 Å². The molecule has 0 radical (unpaired) electrons. The van der Waals surface area contributed by atoms with Gasteiger partial charge in [-0.1, -0.05) is 0 Å². The molecule has 3 heteroatoms. The molecule has 0 aliphatic heterocycles. The highest BCUT2D eigenvalue weighted by Crippen LogP contribution is 1.81. The average molecular weight is 115 g/mol. The Hall–Kier alpha value is -0.570. The molecule has 1 rings (SSSR count). The lowest BCUT2D eigenvalue weighted by molar-refractivity contribution is 0.894. The molecule has 0 saturated heterocycles. The van der Waals surface area contributed by atoms with Gasteiger partial charge >= 0.3 is 0 Å². The van der Waals surface area contributed by atoms with E-state index in [0.29, 0.717) is 4.77 Å². The molecule has 0 aliphatic rings. The number of H-pyrrole nitrogens is 1. The van der Waals surface area contributed by atoms with Gasteiger partial charge in [-0.2, -0.15) is 0 Å². The molecular formula is C4H6N2S. The minimum Gasteiger partial charge on any atom is -0.337 e. The van der Waals surface area contributed by atoms with E-state index in [0.717, 1.165) is 4.98 Å². The van der Waals surface area contributed by atoms with Gasteiger partial charge in [0, 0.05) is 19.4 Å². The molecule has 0 aliphatic carbocycles. The topological polar surface area (TPSA) is 20.7 Å². The minimum absolute atomic E-state index is 0.519. The van der Waals surface area contributed by atoms with Crippen LogP contribution in [-0.2, 0) is 7.05 Å². The summed E-state index contributed by atoms with van der Waals surface area (Å²) < 4.78 is 9.26. The molecule has 0 amide bonds. The molecule has 0 fully saturated rings. The summed E-state index contributed by atoms with van der Waals surface area (Å²) >= 11 is 4.77. The highest BCUT2D eigenvalue weighted by atomic mass is 32.1. The largest absolute Gasteiger partial charge is 0.337 e. The Morgan fingerprint density at radius 3 is 3.00 bits per heavy atom. The Morgan fingerprint density at radius 1 is 2.14 bits per heavy atom. The first kappa shape index (κ1) is 3.43. The highest BCUT2D eigenvalue weighted by molar-refractivity contribution is 7.71. The second kappa shape index (κ2) is 1.50. The molecule has 0 atom stereocenters. The third-order valence-electron chi connectivity index (χ3n) is 0.777. The first-order valence-corrected chi connectivity index (χ1v) is 2.36. The van der Waals surface area contributed by atoms with Gasteiger partial charge < -0.3 is 9.54 Å². The van der Waals surface area contributed by atoms with E-state index < -0.39 is 0 Å². The zero-order valence-electron chi connectivity index (χ0n) is 4.96. The van der Waals surface area contributed by atoms with E-state index in [2.05, 4.69) is 0 Å². The Bertz CT molecular complexity index is 214. The molecule has 0 bridgehead atoms. The quantitative estimate of drug-likeness (QED) is 0.502. The molecule has 1 aromatic rings. The van der Waals surface area contributed by atoms with Crippen LogP contribution in [0.5, 0.6) is 0 Å². The van der Waals surface area contributed by atoms with E-state index in [9.17, 15) is 0 Å². The smallest absolute Gasteiger partial charge is 0.176 e. The number of imidazole rings is 1. The summed E-state index contributed by atoms with van der Waals surface area (Å²) in [7, 11) is 1.81. The van der Waals surface area contributed by atoms with Gasteiger partial charge in [0.15, 0.2) is 6.18 Å². The maximum atomic E-state index is 7.03. The third kappa shape index (κ3) is 0.718. The SMILES string of the molecule is [2H]n1ccn(C)c1=S. The van der Waals surface area contributed by atoms with Crippen LogP contribution in [0.15, 0.2) is 12.4 Å². The third-order valence-corrected chi connectivity index (χ3v) is 1.17. The number of hydrogen-bond donors (Lipinski definition) is 1. The van der Waals surface area contributed by atoms with Crippen LogP contribution in [-0.4, -0.2) is 9.54 Å². The number of hydrogen-bond acceptors (Lipinski definition) is 1. The molecule has 2 nitrogen and oxygen atoms in total. The fourth-order valence-electron chi connectivity index (χ4n) is 0.352. The summed E-state index contributed by atoms with van der Waals surface area (Å²) in [4.78, 5) is 1.15. The molecule has 1 N–H and O–H groups in total. The van der Waals surface area contributed by atoms with E-state index in [1.807, 2.05) is 7.05 Å². The van der Waals surface area contributed by atoms with Crippen molar-refractivity contribution in [3.8, 4) is 0 Å². The zero-order valence-corrected chi connectivity index (χ0v) is 4.77. The number of rotatable bonds is 0. The molecule has 0 spiro atoms. The summed E-state index contributed by atoms with van der Waals surface area (Å²) in [6.07, 6.45) is 3.34. The van der Waals surface area contributed by atoms with Crippen LogP contribution in [0.4, 0.5) is 0 Å². The van der Waals surface area contributed by atoms with Crippen molar-refractivity contribution in [1.82, 2.24) is 9.54 Å². The Labute approximate surface area is 48.3 Å².